The van der Waals surface area contributed by atoms with Crippen LogP contribution < -0.4 is 4.74 Å². The van der Waals surface area contributed by atoms with Gasteiger partial charge >= 0.3 is 5.97 Å². The molecule has 3 aromatic carbocycles. The normalized spacial score (nSPS) is 16.9. The summed E-state index contributed by atoms with van der Waals surface area (Å²) in [5.41, 5.74) is 5.75. The summed E-state index contributed by atoms with van der Waals surface area (Å²) in [6, 6.07) is 22.2. The second-order valence-corrected chi connectivity index (χ2v) is 13.2. The average molecular weight is 528 g/mol. The summed E-state index contributed by atoms with van der Waals surface area (Å²) in [4.78, 5) is 26.5. The zero-order valence-electron chi connectivity index (χ0n) is 24.3. The van der Waals surface area contributed by atoms with E-state index in [4.69, 9.17) is 4.74 Å². The zero-order chi connectivity index (χ0) is 28.6. The molecule has 5 nitrogen and oxygen atoms in total. The lowest BCUT2D eigenvalue weighted by Gasteiger charge is -2.25. The van der Waals surface area contributed by atoms with Gasteiger partial charge in [-0.15, -0.1) is 0 Å². The molecule has 39 heavy (non-hydrogen) atoms. The number of carbonyl (C=O) groups excluding carboxylic acids is 1. The van der Waals surface area contributed by atoms with Gasteiger partial charge in [0, 0.05) is 24.9 Å². The molecule has 1 atom stereocenters. The SMILES string of the molecule is CC(C)(C)c1ccc(CN(CC(=O)O)C(=O)c2ccc3c(c2)C[C@@](C)(Cc2ccc(C(C)(C)C)cc2)O3)cc1. The number of amides is 1. The molecular formula is C34H41NO4. The summed E-state index contributed by atoms with van der Waals surface area (Å²) in [5, 5.41) is 9.52. The Balaban J connectivity index is 1.49. The van der Waals surface area contributed by atoms with Gasteiger partial charge in [-0.2, -0.15) is 0 Å². The van der Waals surface area contributed by atoms with Crippen LogP contribution >= 0.6 is 0 Å². The highest BCUT2D eigenvalue weighted by molar-refractivity contribution is 5.96. The first kappa shape index (κ1) is 28.4. The fourth-order valence-corrected chi connectivity index (χ4v) is 5.18. The van der Waals surface area contributed by atoms with Gasteiger partial charge < -0.3 is 14.7 Å². The Bertz CT molecular complexity index is 1340. The van der Waals surface area contributed by atoms with Crippen LogP contribution in [0.1, 0.15) is 86.6 Å². The number of hydrogen-bond donors (Lipinski definition) is 1. The number of carboxylic acid groups (broad SMARTS) is 1. The van der Waals surface area contributed by atoms with E-state index < -0.39 is 11.6 Å². The lowest BCUT2D eigenvalue weighted by molar-refractivity contribution is -0.137. The van der Waals surface area contributed by atoms with Gasteiger partial charge in [0.25, 0.3) is 5.91 Å². The third-order valence-electron chi connectivity index (χ3n) is 7.43. The fraction of sp³-hybridized carbons (Fsp3) is 0.412. The third-order valence-corrected chi connectivity index (χ3v) is 7.43. The van der Waals surface area contributed by atoms with E-state index in [0.717, 1.165) is 23.3 Å². The lowest BCUT2D eigenvalue weighted by atomic mass is 9.85. The Morgan fingerprint density at radius 2 is 1.38 bits per heavy atom. The molecule has 0 bridgehead atoms. The van der Waals surface area contributed by atoms with Crippen molar-refractivity contribution in [1.29, 1.82) is 0 Å². The summed E-state index contributed by atoms with van der Waals surface area (Å²) in [6.45, 7) is 15.0. The first-order valence-electron chi connectivity index (χ1n) is 13.6. The number of nitrogens with zero attached hydrogens (tertiary/aromatic N) is 1. The molecule has 0 fully saturated rings. The van der Waals surface area contributed by atoms with Crippen LogP contribution in [0.3, 0.4) is 0 Å². The maximum Gasteiger partial charge on any atom is 0.323 e. The monoisotopic (exact) mass is 527 g/mol. The minimum absolute atomic E-state index is 0.0198. The second kappa shape index (κ2) is 10.5. The standard InChI is InChI=1S/C34H41NO4/c1-32(2,3)27-13-8-23(9-14-27)19-34(7)20-26-18-25(12-17-29(26)39-34)31(38)35(22-30(36)37)21-24-10-15-28(16-11-24)33(4,5)6/h8-18H,19-22H2,1-7H3,(H,36,37)/t34-/m1/s1. The summed E-state index contributed by atoms with van der Waals surface area (Å²) >= 11 is 0. The smallest absolute Gasteiger partial charge is 0.323 e. The minimum Gasteiger partial charge on any atom is -0.487 e. The molecule has 1 heterocycles. The fourth-order valence-electron chi connectivity index (χ4n) is 5.18. The van der Waals surface area contributed by atoms with Crippen LogP contribution in [0.25, 0.3) is 0 Å². The predicted molar refractivity (Wildman–Crippen MR) is 156 cm³/mol. The second-order valence-electron chi connectivity index (χ2n) is 13.2. The molecule has 4 rings (SSSR count). The number of benzene rings is 3. The molecule has 0 aromatic heterocycles. The molecule has 5 heteroatoms. The number of carbonyl (C=O) groups is 2. The van der Waals surface area contributed by atoms with Gasteiger partial charge in [0.2, 0.25) is 0 Å². The van der Waals surface area contributed by atoms with Gasteiger partial charge in [0.1, 0.15) is 17.9 Å². The predicted octanol–water partition coefficient (Wildman–Crippen LogP) is 6.94. The largest absolute Gasteiger partial charge is 0.487 e. The van der Waals surface area contributed by atoms with Crippen molar-refractivity contribution in [2.45, 2.75) is 84.3 Å². The van der Waals surface area contributed by atoms with E-state index in [1.165, 1.54) is 21.6 Å². The summed E-state index contributed by atoms with van der Waals surface area (Å²) < 4.78 is 6.37. The van der Waals surface area contributed by atoms with Crippen molar-refractivity contribution in [1.82, 2.24) is 4.90 Å². The molecule has 1 aliphatic rings. The van der Waals surface area contributed by atoms with Crippen LogP contribution in [0.5, 0.6) is 5.75 Å². The van der Waals surface area contributed by atoms with Gasteiger partial charge in [-0.1, -0.05) is 90.1 Å². The Kier molecular flexibility index (Phi) is 7.66. The van der Waals surface area contributed by atoms with Gasteiger partial charge in [0.05, 0.1) is 0 Å². The van der Waals surface area contributed by atoms with Crippen molar-refractivity contribution in [2.75, 3.05) is 6.54 Å². The molecule has 1 aliphatic heterocycles. The highest BCUT2D eigenvalue weighted by Crippen LogP contribution is 2.38. The molecule has 0 saturated carbocycles. The van der Waals surface area contributed by atoms with Gasteiger partial charge in [0.15, 0.2) is 0 Å². The molecular weight excluding hydrogens is 486 g/mol. The van der Waals surface area contributed by atoms with Crippen molar-refractivity contribution in [3.05, 3.63) is 100 Å². The number of rotatable bonds is 7. The van der Waals surface area contributed by atoms with E-state index in [1.807, 2.05) is 36.4 Å². The Morgan fingerprint density at radius 3 is 1.90 bits per heavy atom. The molecule has 0 aliphatic carbocycles. The van der Waals surface area contributed by atoms with Crippen LogP contribution in [0.15, 0.2) is 66.7 Å². The quantitative estimate of drug-likeness (QED) is 0.361. The van der Waals surface area contributed by atoms with Gasteiger partial charge in [-0.05, 0) is 63.8 Å². The Hall–Kier alpha value is -3.60. The molecule has 0 radical (unpaired) electrons. The first-order valence-corrected chi connectivity index (χ1v) is 13.6. The topological polar surface area (TPSA) is 66.8 Å². The Morgan fingerprint density at radius 1 is 0.846 bits per heavy atom. The first-order chi connectivity index (χ1) is 18.1. The van der Waals surface area contributed by atoms with E-state index in [0.29, 0.717) is 12.0 Å². The Labute approximate surface area is 232 Å². The maximum absolute atomic E-state index is 13.5. The molecule has 1 amide bonds. The average Bonchev–Trinajstić information content (AvgIpc) is 3.17. The van der Waals surface area contributed by atoms with E-state index >= 15 is 0 Å². The lowest BCUT2D eigenvalue weighted by Crippen LogP contribution is -2.35. The summed E-state index contributed by atoms with van der Waals surface area (Å²) in [6.07, 6.45) is 1.43. The van der Waals surface area contributed by atoms with Crippen molar-refractivity contribution in [2.24, 2.45) is 0 Å². The number of aliphatic carboxylic acids is 1. The van der Waals surface area contributed by atoms with Gasteiger partial charge in [-0.3, -0.25) is 9.59 Å². The molecule has 206 valence electrons. The number of carboxylic acids is 1. The van der Waals surface area contributed by atoms with Crippen LogP contribution in [0.2, 0.25) is 0 Å². The number of hydrogen-bond acceptors (Lipinski definition) is 3. The third kappa shape index (κ3) is 6.89. The minimum atomic E-state index is -1.04. The van der Waals surface area contributed by atoms with E-state index in [9.17, 15) is 14.7 Å². The van der Waals surface area contributed by atoms with Gasteiger partial charge in [-0.25, -0.2) is 0 Å². The molecule has 3 aromatic rings. The summed E-state index contributed by atoms with van der Waals surface area (Å²) in [7, 11) is 0. The molecule has 0 unspecified atom stereocenters. The highest BCUT2D eigenvalue weighted by Gasteiger charge is 2.36. The van der Waals surface area contributed by atoms with E-state index in [1.54, 1.807) is 6.07 Å². The van der Waals surface area contributed by atoms with E-state index in [2.05, 4.69) is 72.7 Å². The summed E-state index contributed by atoms with van der Waals surface area (Å²) in [5.74, 6) is -0.557. The van der Waals surface area contributed by atoms with Crippen LogP contribution in [0.4, 0.5) is 0 Å². The van der Waals surface area contributed by atoms with Crippen LogP contribution in [0, 0.1) is 0 Å². The van der Waals surface area contributed by atoms with Crippen molar-refractivity contribution in [3.63, 3.8) is 0 Å². The van der Waals surface area contributed by atoms with Crippen molar-refractivity contribution >= 4 is 11.9 Å². The number of fused-ring (bicyclic) bond motifs is 1. The van der Waals surface area contributed by atoms with Crippen molar-refractivity contribution in [3.8, 4) is 5.75 Å². The van der Waals surface area contributed by atoms with E-state index in [-0.39, 0.29) is 29.8 Å². The van der Waals surface area contributed by atoms with Crippen LogP contribution in [-0.2, 0) is 35.0 Å². The van der Waals surface area contributed by atoms with Crippen LogP contribution in [-0.4, -0.2) is 34.0 Å². The van der Waals surface area contributed by atoms with Crippen molar-refractivity contribution < 1.29 is 19.4 Å². The molecule has 0 spiro atoms. The zero-order valence-corrected chi connectivity index (χ0v) is 24.3. The highest BCUT2D eigenvalue weighted by atomic mass is 16.5. The number of ether oxygens (including phenoxy) is 1. The maximum atomic E-state index is 13.5. The molecule has 0 saturated heterocycles. The molecule has 1 N–H and O–H groups in total.